The molecule has 0 fully saturated rings. The molecular weight excluding hydrogens is 284 g/mol. The van der Waals surface area contributed by atoms with Gasteiger partial charge in [-0.25, -0.2) is 0 Å². The van der Waals surface area contributed by atoms with Crippen molar-refractivity contribution in [1.82, 2.24) is 10.6 Å². The molecule has 0 bridgehead atoms. The number of halogens is 1. The molecule has 2 amide bonds. The Labute approximate surface area is 122 Å². The maximum Gasteiger partial charge on any atom is 0.253 e. The van der Waals surface area contributed by atoms with Crippen LogP contribution in [0.25, 0.3) is 0 Å². The Morgan fingerprint density at radius 3 is 2.63 bits per heavy atom. The van der Waals surface area contributed by atoms with Crippen LogP contribution in [-0.2, 0) is 4.79 Å². The van der Waals surface area contributed by atoms with E-state index in [-0.39, 0.29) is 11.8 Å². The zero-order valence-electron chi connectivity index (χ0n) is 10.9. The normalized spacial score (nSPS) is 11.7. The molecule has 1 rings (SSSR count). The van der Waals surface area contributed by atoms with E-state index in [9.17, 15) is 9.59 Å². The van der Waals surface area contributed by atoms with Gasteiger partial charge in [0.25, 0.3) is 5.91 Å². The summed E-state index contributed by atoms with van der Waals surface area (Å²) >= 11 is 7.58. The molecule has 6 heteroatoms. The van der Waals surface area contributed by atoms with Gasteiger partial charge in [0.2, 0.25) is 5.91 Å². The predicted octanol–water partition coefficient (Wildman–Crippen LogP) is 1.94. The minimum absolute atomic E-state index is 0.200. The van der Waals surface area contributed by atoms with Crippen molar-refractivity contribution in [3.05, 3.63) is 34.9 Å². The molecule has 0 spiro atoms. The third-order valence-corrected chi connectivity index (χ3v) is 3.57. The predicted molar refractivity (Wildman–Crippen MR) is 79.8 cm³/mol. The molecule has 1 aromatic carbocycles. The van der Waals surface area contributed by atoms with Crippen LogP contribution < -0.4 is 10.6 Å². The molecule has 104 valence electrons. The fourth-order valence-corrected chi connectivity index (χ4v) is 2.25. The van der Waals surface area contributed by atoms with Crippen molar-refractivity contribution in [3.63, 3.8) is 0 Å². The summed E-state index contributed by atoms with van der Waals surface area (Å²) in [5.74, 6) is 0.260. The highest BCUT2D eigenvalue weighted by atomic mass is 35.5. The number of hydrogen-bond acceptors (Lipinski definition) is 3. The average Bonchev–Trinajstić information content (AvgIpc) is 2.42. The molecule has 0 saturated heterocycles. The van der Waals surface area contributed by atoms with Crippen LogP contribution in [0.5, 0.6) is 0 Å². The van der Waals surface area contributed by atoms with Gasteiger partial charge in [0.05, 0.1) is 10.6 Å². The summed E-state index contributed by atoms with van der Waals surface area (Å²) in [6, 6.07) is 6.22. The van der Waals surface area contributed by atoms with Crippen LogP contribution in [0.1, 0.15) is 16.8 Å². The highest BCUT2D eigenvalue weighted by Crippen LogP contribution is 2.15. The highest BCUT2D eigenvalue weighted by molar-refractivity contribution is 7.98. The Bertz CT molecular complexity index is 454. The molecule has 4 nitrogen and oxygen atoms in total. The Hall–Kier alpha value is -1.20. The van der Waals surface area contributed by atoms with E-state index in [0.29, 0.717) is 17.0 Å². The third kappa shape index (κ3) is 4.76. The minimum Gasteiger partial charge on any atom is -0.357 e. The quantitative estimate of drug-likeness (QED) is 0.844. The van der Waals surface area contributed by atoms with Gasteiger partial charge < -0.3 is 10.6 Å². The minimum atomic E-state index is -0.541. The monoisotopic (exact) mass is 300 g/mol. The van der Waals surface area contributed by atoms with Crippen molar-refractivity contribution >= 4 is 35.2 Å². The topological polar surface area (TPSA) is 58.2 Å². The molecule has 0 saturated carbocycles. The zero-order valence-corrected chi connectivity index (χ0v) is 12.5. The molecule has 2 N–H and O–H groups in total. The first-order valence-electron chi connectivity index (χ1n) is 5.86. The van der Waals surface area contributed by atoms with E-state index in [1.807, 2.05) is 6.26 Å². The van der Waals surface area contributed by atoms with Gasteiger partial charge in [0.15, 0.2) is 0 Å². The zero-order chi connectivity index (χ0) is 14.3. The van der Waals surface area contributed by atoms with Crippen LogP contribution in [0.4, 0.5) is 0 Å². The highest BCUT2D eigenvalue weighted by Gasteiger charge is 2.20. The van der Waals surface area contributed by atoms with E-state index in [4.69, 9.17) is 11.6 Å². The van der Waals surface area contributed by atoms with Crippen LogP contribution in [0.3, 0.4) is 0 Å². The van der Waals surface area contributed by atoms with E-state index in [1.165, 1.54) is 0 Å². The molecule has 0 unspecified atom stereocenters. The van der Waals surface area contributed by atoms with Gasteiger partial charge in [0, 0.05) is 7.05 Å². The van der Waals surface area contributed by atoms with Crippen LogP contribution in [0, 0.1) is 0 Å². The number of amides is 2. The average molecular weight is 301 g/mol. The smallest absolute Gasteiger partial charge is 0.253 e. The number of hydrogen-bond donors (Lipinski definition) is 2. The first kappa shape index (κ1) is 15.9. The number of likely N-dealkylation sites (N-methyl/N-ethyl adjacent to an activating group) is 1. The van der Waals surface area contributed by atoms with Gasteiger partial charge in [-0.15, -0.1) is 0 Å². The molecular formula is C13H17ClN2O2S. The molecule has 19 heavy (non-hydrogen) atoms. The van der Waals surface area contributed by atoms with E-state index in [1.54, 1.807) is 43.1 Å². The second-order valence-electron chi connectivity index (χ2n) is 3.90. The Balaban J connectivity index is 2.76. The number of thioether (sulfide) groups is 1. The Morgan fingerprint density at radius 2 is 2.05 bits per heavy atom. The molecule has 0 radical (unpaired) electrons. The molecule has 1 atom stereocenters. The van der Waals surface area contributed by atoms with E-state index >= 15 is 0 Å². The van der Waals surface area contributed by atoms with Crippen molar-refractivity contribution in [3.8, 4) is 0 Å². The molecule has 0 aliphatic rings. The molecule has 0 aromatic heterocycles. The van der Waals surface area contributed by atoms with Crippen molar-refractivity contribution in [2.24, 2.45) is 0 Å². The molecule has 0 aliphatic heterocycles. The molecule has 0 heterocycles. The number of carbonyl (C=O) groups is 2. The lowest BCUT2D eigenvalue weighted by Crippen LogP contribution is -2.46. The Kier molecular flexibility index (Phi) is 6.73. The fraction of sp³-hybridized carbons (Fsp3) is 0.385. The van der Waals surface area contributed by atoms with Crippen LogP contribution in [0.15, 0.2) is 24.3 Å². The van der Waals surface area contributed by atoms with Gasteiger partial charge in [-0.3, -0.25) is 9.59 Å². The molecule has 0 aliphatic carbocycles. The summed E-state index contributed by atoms with van der Waals surface area (Å²) in [7, 11) is 1.55. The number of rotatable bonds is 6. The van der Waals surface area contributed by atoms with Gasteiger partial charge in [-0.2, -0.15) is 11.8 Å². The summed E-state index contributed by atoms with van der Waals surface area (Å²) in [6.07, 6.45) is 2.54. The van der Waals surface area contributed by atoms with Crippen molar-refractivity contribution < 1.29 is 9.59 Å². The van der Waals surface area contributed by atoms with Crippen LogP contribution in [-0.4, -0.2) is 36.9 Å². The van der Waals surface area contributed by atoms with Crippen molar-refractivity contribution in [2.75, 3.05) is 19.1 Å². The number of carbonyl (C=O) groups excluding carboxylic acids is 2. The number of benzene rings is 1. The third-order valence-electron chi connectivity index (χ3n) is 2.60. The summed E-state index contributed by atoms with van der Waals surface area (Å²) in [5.41, 5.74) is 0.377. The lowest BCUT2D eigenvalue weighted by atomic mass is 10.1. The standard InChI is InChI=1S/C13H17ClN2O2S/c1-15-13(18)11(7-8-19-2)16-12(17)9-5-3-4-6-10(9)14/h3-6,11H,7-8H2,1-2H3,(H,15,18)(H,16,17)/t11-/m0/s1. The lowest BCUT2D eigenvalue weighted by molar-refractivity contribution is -0.122. The summed E-state index contributed by atoms with van der Waals surface area (Å²) in [4.78, 5) is 23.8. The summed E-state index contributed by atoms with van der Waals surface area (Å²) in [5, 5.41) is 5.64. The second-order valence-corrected chi connectivity index (χ2v) is 5.29. The van der Waals surface area contributed by atoms with Crippen molar-refractivity contribution in [1.29, 1.82) is 0 Å². The first-order valence-corrected chi connectivity index (χ1v) is 7.63. The maximum absolute atomic E-state index is 12.1. The number of nitrogens with one attached hydrogen (secondary N) is 2. The van der Waals surface area contributed by atoms with E-state index < -0.39 is 6.04 Å². The lowest BCUT2D eigenvalue weighted by Gasteiger charge is -2.17. The van der Waals surface area contributed by atoms with Crippen LogP contribution in [0.2, 0.25) is 5.02 Å². The largest absolute Gasteiger partial charge is 0.357 e. The van der Waals surface area contributed by atoms with Crippen LogP contribution >= 0.6 is 23.4 Å². The summed E-state index contributed by atoms with van der Waals surface area (Å²) < 4.78 is 0. The first-order chi connectivity index (χ1) is 9.10. The second kappa shape index (κ2) is 8.07. The van der Waals surface area contributed by atoms with E-state index in [0.717, 1.165) is 5.75 Å². The SMILES string of the molecule is CNC(=O)[C@H](CCSC)NC(=O)c1ccccc1Cl. The Morgan fingerprint density at radius 1 is 1.37 bits per heavy atom. The van der Waals surface area contributed by atoms with Gasteiger partial charge >= 0.3 is 0 Å². The summed E-state index contributed by atoms with van der Waals surface area (Å²) in [6.45, 7) is 0. The van der Waals surface area contributed by atoms with E-state index in [2.05, 4.69) is 10.6 Å². The fourth-order valence-electron chi connectivity index (χ4n) is 1.56. The molecule has 1 aromatic rings. The van der Waals surface area contributed by atoms with Crippen molar-refractivity contribution in [2.45, 2.75) is 12.5 Å². The maximum atomic E-state index is 12.1. The van der Waals surface area contributed by atoms with Gasteiger partial charge in [-0.1, -0.05) is 23.7 Å². The van der Waals surface area contributed by atoms with Gasteiger partial charge in [0.1, 0.15) is 6.04 Å². The van der Waals surface area contributed by atoms with Gasteiger partial charge in [-0.05, 0) is 30.6 Å².